The molecule has 120 valence electrons. The molecule has 7 heteroatoms. The van der Waals surface area contributed by atoms with Crippen LogP contribution in [0, 0.1) is 0 Å². The number of hydrogen-bond donors (Lipinski definition) is 1. The number of hydrogen-bond acceptors (Lipinski definition) is 5. The minimum atomic E-state index is -0.740. The average molecular weight is 335 g/mol. The summed E-state index contributed by atoms with van der Waals surface area (Å²) in [6.07, 6.45) is 0. The summed E-state index contributed by atoms with van der Waals surface area (Å²) >= 11 is 5.80. The lowest BCUT2D eigenvalue weighted by Gasteiger charge is -2.10. The molecule has 0 aromatic heterocycles. The first-order chi connectivity index (χ1) is 11.1. The van der Waals surface area contributed by atoms with E-state index in [4.69, 9.17) is 31.6 Å². The average Bonchev–Trinajstić information content (AvgIpc) is 2.59. The molecule has 0 amide bonds. The van der Waals surface area contributed by atoms with Gasteiger partial charge in [-0.05, 0) is 36.4 Å². The molecule has 0 fully saturated rings. The Morgan fingerprint density at radius 1 is 1.04 bits per heavy atom. The Hall–Kier alpha value is -2.73. The molecule has 2 N–H and O–H groups in total. The van der Waals surface area contributed by atoms with E-state index in [0.29, 0.717) is 22.1 Å². The summed E-state index contributed by atoms with van der Waals surface area (Å²) in [4.78, 5) is 17.1. The fraction of sp³-hybridized carbons (Fsp3) is 0.125. The summed E-state index contributed by atoms with van der Waals surface area (Å²) in [6, 6.07) is 11.6. The van der Waals surface area contributed by atoms with Crippen molar-refractivity contribution < 1.29 is 19.1 Å². The van der Waals surface area contributed by atoms with Crippen molar-refractivity contribution in [3.8, 4) is 11.5 Å². The van der Waals surface area contributed by atoms with E-state index in [9.17, 15) is 4.79 Å². The van der Waals surface area contributed by atoms with Crippen LogP contribution in [0.25, 0.3) is 0 Å². The van der Waals surface area contributed by atoms with E-state index in [0.717, 1.165) is 0 Å². The standard InChI is InChI=1S/C16H15ClN2O4/c1-21-12-4-3-5-13(22-2)14(12)16(20)23-19-15(18)10-6-8-11(17)9-7-10/h3-9H,1-2H3,(H2,18,19). The quantitative estimate of drug-likeness (QED) is 0.393. The van der Waals surface area contributed by atoms with E-state index in [-0.39, 0.29) is 11.4 Å². The number of carbonyl (C=O) groups is 1. The largest absolute Gasteiger partial charge is 0.496 e. The van der Waals surface area contributed by atoms with Crippen LogP contribution in [0.5, 0.6) is 11.5 Å². The van der Waals surface area contributed by atoms with E-state index < -0.39 is 5.97 Å². The zero-order chi connectivity index (χ0) is 16.8. The van der Waals surface area contributed by atoms with Crippen molar-refractivity contribution in [2.75, 3.05) is 14.2 Å². The van der Waals surface area contributed by atoms with Crippen LogP contribution < -0.4 is 15.2 Å². The van der Waals surface area contributed by atoms with Crippen LogP contribution in [-0.2, 0) is 4.84 Å². The van der Waals surface area contributed by atoms with Gasteiger partial charge in [-0.15, -0.1) is 0 Å². The van der Waals surface area contributed by atoms with E-state index in [2.05, 4.69) is 5.16 Å². The third kappa shape index (κ3) is 3.92. The molecule has 2 rings (SSSR count). The summed E-state index contributed by atoms with van der Waals surface area (Å²) in [5.74, 6) is -0.0654. The normalized spacial score (nSPS) is 11.0. The molecule has 6 nitrogen and oxygen atoms in total. The minimum absolute atomic E-state index is 0.0453. The van der Waals surface area contributed by atoms with Crippen molar-refractivity contribution in [3.63, 3.8) is 0 Å². The van der Waals surface area contributed by atoms with Crippen LogP contribution in [0.1, 0.15) is 15.9 Å². The molecule has 0 bridgehead atoms. The molecule has 0 spiro atoms. The number of nitrogens with zero attached hydrogens (tertiary/aromatic N) is 1. The van der Waals surface area contributed by atoms with Gasteiger partial charge in [-0.3, -0.25) is 0 Å². The number of halogens is 1. The van der Waals surface area contributed by atoms with Crippen molar-refractivity contribution in [3.05, 3.63) is 58.6 Å². The first kappa shape index (κ1) is 16.6. The van der Waals surface area contributed by atoms with Crippen LogP contribution in [0.3, 0.4) is 0 Å². The Kier molecular flexibility index (Phi) is 5.43. The fourth-order valence-electron chi connectivity index (χ4n) is 1.86. The lowest BCUT2D eigenvalue weighted by atomic mass is 10.2. The van der Waals surface area contributed by atoms with Gasteiger partial charge in [0.2, 0.25) is 0 Å². The number of rotatable bonds is 5. The van der Waals surface area contributed by atoms with Gasteiger partial charge in [0.1, 0.15) is 17.1 Å². The number of carbonyl (C=O) groups excluding carboxylic acids is 1. The highest BCUT2D eigenvalue weighted by atomic mass is 35.5. The summed E-state index contributed by atoms with van der Waals surface area (Å²) < 4.78 is 10.3. The number of amidine groups is 1. The number of oxime groups is 1. The second-order valence-electron chi connectivity index (χ2n) is 4.40. The lowest BCUT2D eigenvalue weighted by molar-refractivity contribution is 0.0508. The highest BCUT2D eigenvalue weighted by Crippen LogP contribution is 2.28. The second kappa shape index (κ2) is 7.51. The molecular weight excluding hydrogens is 320 g/mol. The molecular formula is C16H15ClN2O4. The molecule has 0 aliphatic heterocycles. The van der Waals surface area contributed by atoms with Gasteiger partial charge in [-0.1, -0.05) is 22.8 Å². The zero-order valence-corrected chi connectivity index (χ0v) is 13.3. The first-order valence-electron chi connectivity index (χ1n) is 6.58. The molecule has 0 unspecified atom stereocenters. The van der Waals surface area contributed by atoms with E-state index in [1.165, 1.54) is 14.2 Å². The molecule has 0 atom stereocenters. The Morgan fingerprint density at radius 3 is 2.13 bits per heavy atom. The third-order valence-electron chi connectivity index (χ3n) is 3.00. The van der Waals surface area contributed by atoms with Crippen LogP contribution in [0.4, 0.5) is 0 Å². The number of nitrogens with two attached hydrogens (primary N) is 1. The predicted molar refractivity (Wildman–Crippen MR) is 87.1 cm³/mol. The molecule has 0 heterocycles. The highest BCUT2D eigenvalue weighted by molar-refractivity contribution is 6.30. The van der Waals surface area contributed by atoms with Gasteiger partial charge < -0.3 is 20.0 Å². The van der Waals surface area contributed by atoms with Gasteiger partial charge in [0.05, 0.1) is 14.2 Å². The molecule has 0 aliphatic carbocycles. The minimum Gasteiger partial charge on any atom is -0.496 e. The van der Waals surface area contributed by atoms with Gasteiger partial charge in [-0.2, -0.15) is 0 Å². The fourth-order valence-corrected chi connectivity index (χ4v) is 1.99. The van der Waals surface area contributed by atoms with Crippen LogP contribution in [-0.4, -0.2) is 26.0 Å². The number of methoxy groups -OCH3 is 2. The topological polar surface area (TPSA) is 83.1 Å². The van der Waals surface area contributed by atoms with Crippen molar-refractivity contribution in [2.45, 2.75) is 0 Å². The van der Waals surface area contributed by atoms with E-state index in [1.807, 2.05) is 0 Å². The van der Waals surface area contributed by atoms with Gasteiger partial charge in [0.15, 0.2) is 5.84 Å². The van der Waals surface area contributed by atoms with Gasteiger partial charge >= 0.3 is 5.97 Å². The Morgan fingerprint density at radius 2 is 1.61 bits per heavy atom. The monoisotopic (exact) mass is 334 g/mol. The Bertz CT molecular complexity index is 707. The van der Waals surface area contributed by atoms with Crippen LogP contribution in [0.15, 0.2) is 47.6 Å². The van der Waals surface area contributed by atoms with E-state index in [1.54, 1.807) is 42.5 Å². The number of ether oxygens (including phenoxy) is 2. The smallest absolute Gasteiger partial charge is 0.373 e. The van der Waals surface area contributed by atoms with Crippen molar-refractivity contribution in [1.29, 1.82) is 0 Å². The van der Waals surface area contributed by atoms with Gasteiger partial charge in [0, 0.05) is 10.6 Å². The molecule has 0 radical (unpaired) electrons. The van der Waals surface area contributed by atoms with Crippen LogP contribution >= 0.6 is 11.6 Å². The molecule has 2 aromatic carbocycles. The predicted octanol–water partition coefficient (Wildman–Crippen LogP) is 2.83. The highest BCUT2D eigenvalue weighted by Gasteiger charge is 2.20. The lowest BCUT2D eigenvalue weighted by Crippen LogP contribution is -2.15. The summed E-state index contributed by atoms with van der Waals surface area (Å²) in [7, 11) is 2.88. The summed E-state index contributed by atoms with van der Waals surface area (Å²) in [6.45, 7) is 0. The molecule has 0 saturated carbocycles. The van der Waals surface area contributed by atoms with Gasteiger partial charge in [-0.25, -0.2) is 4.79 Å². The summed E-state index contributed by atoms with van der Waals surface area (Å²) in [5, 5.41) is 4.21. The maximum atomic E-state index is 12.2. The summed E-state index contributed by atoms with van der Waals surface area (Å²) in [5.41, 5.74) is 6.49. The van der Waals surface area contributed by atoms with Crippen molar-refractivity contribution >= 4 is 23.4 Å². The SMILES string of the molecule is COc1cccc(OC)c1C(=O)O/N=C(\N)c1ccc(Cl)cc1. The zero-order valence-electron chi connectivity index (χ0n) is 12.6. The maximum absolute atomic E-state index is 12.2. The Labute approximate surface area is 138 Å². The van der Waals surface area contributed by atoms with Crippen molar-refractivity contribution in [2.24, 2.45) is 10.9 Å². The second-order valence-corrected chi connectivity index (χ2v) is 4.84. The van der Waals surface area contributed by atoms with Gasteiger partial charge in [0.25, 0.3) is 0 Å². The first-order valence-corrected chi connectivity index (χ1v) is 6.96. The molecule has 0 aliphatic rings. The third-order valence-corrected chi connectivity index (χ3v) is 3.25. The van der Waals surface area contributed by atoms with Crippen molar-refractivity contribution in [1.82, 2.24) is 0 Å². The van der Waals surface area contributed by atoms with Crippen LogP contribution in [0.2, 0.25) is 5.02 Å². The maximum Gasteiger partial charge on any atom is 0.373 e. The molecule has 23 heavy (non-hydrogen) atoms. The van der Waals surface area contributed by atoms with E-state index >= 15 is 0 Å². The molecule has 0 saturated heterocycles. The number of benzene rings is 2. The molecule has 2 aromatic rings. The Balaban J connectivity index is 2.22.